The van der Waals surface area contributed by atoms with E-state index in [1.807, 2.05) is 13.4 Å². The smallest absolute Gasteiger partial charge is 0.0950 e. The van der Waals surface area contributed by atoms with Gasteiger partial charge in [0.05, 0.1) is 24.2 Å². The first-order valence-corrected chi connectivity index (χ1v) is 6.08. The number of likely N-dealkylation sites (N-methyl/N-ethyl adjacent to an activating group) is 1. The summed E-state index contributed by atoms with van der Waals surface area (Å²) >= 11 is 0. The van der Waals surface area contributed by atoms with Crippen molar-refractivity contribution in [1.29, 1.82) is 0 Å². The highest BCUT2D eigenvalue weighted by Crippen LogP contribution is 2.20. The summed E-state index contributed by atoms with van der Waals surface area (Å²) in [6.07, 6.45) is 8.20. The largest absolute Gasteiger partial charge is 0.373 e. The van der Waals surface area contributed by atoms with E-state index in [0.717, 1.165) is 25.2 Å². The van der Waals surface area contributed by atoms with Crippen molar-refractivity contribution in [2.45, 2.75) is 44.9 Å². The van der Waals surface area contributed by atoms with Crippen LogP contribution in [0.3, 0.4) is 0 Å². The molecular formula is C12H21N3O. The molecule has 90 valence electrons. The molecule has 0 radical (unpaired) electrons. The Morgan fingerprint density at radius 2 is 2.44 bits per heavy atom. The van der Waals surface area contributed by atoms with Gasteiger partial charge in [-0.2, -0.15) is 0 Å². The van der Waals surface area contributed by atoms with Gasteiger partial charge in [-0.1, -0.05) is 0 Å². The van der Waals surface area contributed by atoms with E-state index in [2.05, 4.69) is 28.0 Å². The standard InChI is InChI=1S/C12H21N3O/c1-10-3-4-12(16-10)8-15-7-11(14-9-15)5-6-13-2/h7,9-10,12-13H,3-6,8H2,1-2H3. The maximum absolute atomic E-state index is 5.79. The van der Waals surface area contributed by atoms with Crippen LogP contribution < -0.4 is 5.32 Å². The number of rotatable bonds is 5. The summed E-state index contributed by atoms with van der Waals surface area (Å²) < 4.78 is 7.94. The van der Waals surface area contributed by atoms with Crippen LogP contribution in [-0.4, -0.2) is 35.4 Å². The lowest BCUT2D eigenvalue weighted by atomic mass is 10.2. The number of nitrogens with one attached hydrogen (secondary N) is 1. The first-order valence-electron chi connectivity index (χ1n) is 6.08. The Morgan fingerprint density at radius 3 is 3.12 bits per heavy atom. The third kappa shape index (κ3) is 3.06. The molecule has 1 aliphatic heterocycles. The topological polar surface area (TPSA) is 39.1 Å². The van der Waals surface area contributed by atoms with Gasteiger partial charge in [0.1, 0.15) is 0 Å². The van der Waals surface area contributed by atoms with E-state index in [9.17, 15) is 0 Å². The van der Waals surface area contributed by atoms with Crippen LogP contribution in [0.5, 0.6) is 0 Å². The summed E-state index contributed by atoms with van der Waals surface area (Å²) in [6.45, 7) is 4.07. The minimum absolute atomic E-state index is 0.376. The summed E-state index contributed by atoms with van der Waals surface area (Å²) in [5.41, 5.74) is 1.15. The predicted molar refractivity (Wildman–Crippen MR) is 63.4 cm³/mol. The minimum atomic E-state index is 0.376. The van der Waals surface area contributed by atoms with E-state index in [-0.39, 0.29) is 0 Å². The van der Waals surface area contributed by atoms with Gasteiger partial charge in [-0.25, -0.2) is 4.98 Å². The van der Waals surface area contributed by atoms with Gasteiger partial charge in [0, 0.05) is 25.7 Å². The molecule has 16 heavy (non-hydrogen) atoms. The number of ether oxygens (including phenoxy) is 1. The molecular weight excluding hydrogens is 202 g/mol. The van der Waals surface area contributed by atoms with E-state index in [1.54, 1.807) is 0 Å². The second-order valence-electron chi connectivity index (χ2n) is 4.56. The van der Waals surface area contributed by atoms with Crippen LogP contribution in [0.15, 0.2) is 12.5 Å². The second kappa shape index (κ2) is 5.46. The fraction of sp³-hybridized carbons (Fsp3) is 0.750. The molecule has 2 unspecified atom stereocenters. The number of hydrogen-bond donors (Lipinski definition) is 1. The Kier molecular flexibility index (Phi) is 3.96. The van der Waals surface area contributed by atoms with E-state index in [0.29, 0.717) is 12.2 Å². The van der Waals surface area contributed by atoms with E-state index < -0.39 is 0 Å². The van der Waals surface area contributed by atoms with Gasteiger partial charge in [-0.05, 0) is 26.8 Å². The summed E-state index contributed by atoms with van der Waals surface area (Å²) in [7, 11) is 1.96. The molecule has 2 heterocycles. The molecule has 1 N–H and O–H groups in total. The lowest BCUT2D eigenvalue weighted by Crippen LogP contribution is -2.15. The van der Waals surface area contributed by atoms with Gasteiger partial charge in [0.15, 0.2) is 0 Å². The van der Waals surface area contributed by atoms with Crippen molar-refractivity contribution >= 4 is 0 Å². The Morgan fingerprint density at radius 1 is 1.56 bits per heavy atom. The average molecular weight is 223 g/mol. The second-order valence-corrected chi connectivity index (χ2v) is 4.56. The normalized spacial score (nSPS) is 25.1. The molecule has 2 rings (SSSR count). The molecule has 1 aromatic heterocycles. The quantitative estimate of drug-likeness (QED) is 0.815. The van der Waals surface area contributed by atoms with Gasteiger partial charge in [-0.15, -0.1) is 0 Å². The Labute approximate surface area is 97.0 Å². The van der Waals surface area contributed by atoms with Crippen LogP contribution in [0.1, 0.15) is 25.5 Å². The minimum Gasteiger partial charge on any atom is -0.373 e. The van der Waals surface area contributed by atoms with E-state index in [1.165, 1.54) is 12.8 Å². The third-order valence-electron chi connectivity index (χ3n) is 3.05. The molecule has 0 spiro atoms. The van der Waals surface area contributed by atoms with Crippen molar-refractivity contribution in [2.24, 2.45) is 0 Å². The Balaban J connectivity index is 1.83. The molecule has 0 saturated carbocycles. The van der Waals surface area contributed by atoms with E-state index >= 15 is 0 Å². The summed E-state index contributed by atoms with van der Waals surface area (Å²) in [6, 6.07) is 0. The molecule has 1 saturated heterocycles. The summed E-state index contributed by atoms with van der Waals surface area (Å²) in [5.74, 6) is 0. The summed E-state index contributed by atoms with van der Waals surface area (Å²) in [5, 5.41) is 3.13. The zero-order chi connectivity index (χ0) is 11.4. The first kappa shape index (κ1) is 11.6. The van der Waals surface area contributed by atoms with Crippen LogP contribution in [0.25, 0.3) is 0 Å². The molecule has 0 bridgehead atoms. The molecule has 0 aromatic carbocycles. The van der Waals surface area contributed by atoms with Crippen molar-refractivity contribution in [2.75, 3.05) is 13.6 Å². The lowest BCUT2D eigenvalue weighted by molar-refractivity contribution is 0.0458. The van der Waals surface area contributed by atoms with Crippen molar-refractivity contribution in [3.8, 4) is 0 Å². The maximum atomic E-state index is 5.79. The SMILES string of the molecule is CNCCc1cn(CC2CCC(C)O2)cn1. The van der Waals surface area contributed by atoms with Gasteiger partial charge >= 0.3 is 0 Å². The zero-order valence-electron chi connectivity index (χ0n) is 10.1. The van der Waals surface area contributed by atoms with Crippen molar-refractivity contribution < 1.29 is 4.74 Å². The number of hydrogen-bond acceptors (Lipinski definition) is 3. The molecule has 1 fully saturated rings. The lowest BCUT2D eigenvalue weighted by Gasteiger charge is -2.11. The molecule has 1 aliphatic rings. The Hall–Kier alpha value is -0.870. The predicted octanol–water partition coefficient (Wildman–Crippen LogP) is 1.21. The van der Waals surface area contributed by atoms with Crippen LogP contribution in [-0.2, 0) is 17.7 Å². The molecule has 2 atom stereocenters. The fourth-order valence-corrected chi connectivity index (χ4v) is 2.14. The molecule has 0 amide bonds. The highest BCUT2D eigenvalue weighted by molar-refractivity contribution is 4.97. The van der Waals surface area contributed by atoms with Crippen LogP contribution in [0.4, 0.5) is 0 Å². The fourth-order valence-electron chi connectivity index (χ4n) is 2.14. The van der Waals surface area contributed by atoms with Gasteiger partial charge in [0.25, 0.3) is 0 Å². The number of nitrogens with zero attached hydrogens (tertiary/aromatic N) is 2. The average Bonchev–Trinajstić information content (AvgIpc) is 2.86. The maximum Gasteiger partial charge on any atom is 0.0950 e. The molecule has 1 aromatic rings. The molecule has 4 nitrogen and oxygen atoms in total. The van der Waals surface area contributed by atoms with Gasteiger partial charge in [-0.3, -0.25) is 0 Å². The molecule has 4 heteroatoms. The highest BCUT2D eigenvalue weighted by atomic mass is 16.5. The molecule has 0 aliphatic carbocycles. The first-order chi connectivity index (χ1) is 7.78. The summed E-state index contributed by atoms with van der Waals surface area (Å²) in [4.78, 5) is 4.38. The van der Waals surface area contributed by atoms with Crippen LogP contribution in [0.2, 0.25) is 0 Å². The van der Waals surface area contributed by atoms with E-state index in [4.69, 9.17) is 4.74 Å². The van der Waals surface area contributed by atoms with Gasteiger partial charge < -0.3 is 14.6 Å². The zero-order valence-corrected chi connectivity index (χ0v) is 10.1. The van der Waals surface area contributed by atoms with Crippen LogP contribution >= 0.6 is 0 Å². The third-order valence-corrected chi connectivity index (χ3v) is 3.05. The van der Waals surface area contributed by atoms with Crippen molar-refractivity contribution in [3.05, 3.63) is 18.2 Å². The number of aromatic nitrogens is 2. The Bertz CT molecular complexity index is 324. The number of imidazole rings is 1. The highest BCUT2D eigenvalue weighted by Gasteiger charge is 2.21. The van der Waals surface area contributed by atoms with Crippen molar-refractivity contribution in [1.82, 2.24) is 14.9 Å². The monoisotopic (exact) mass is 223 g/mol. The van der Waals surface area contributed by atoms with Crippen molar-refractivity contribution in [3.63, 3.8) is 0 Å². The van der Waals surface area contributed by atoms with Gasteiger partial charge in [0.2, 0.25) is 0 Å². The van der Waals surface area contributed by atoms with Crippen LogP contribution in [0, 0.1) is 0 Å².